The van der Waals surface area contributed by atoms with Crippen LogP contribution in [0.3, 0.4) is 0 Å². The van der Waals surface area contributed by atoms with Crippen LogP contribution >= 0.6 is 11.6 Å². The number of fused-ring (bicyclic) bond motifs is 4. The zero-order chi connectivity index (χ0) is 21.0. The third-order valence-electron chi connectivity index (χ3n) is 6.35. The van der Waals surface area contributed by atoms with Gasteiger partial charge in [0.25, 0.3) is 0 Å². The van der Waals surface area contributed by atoms with E-state index >= 15 is 0 Å². The van der Waals surface area contributed by atoms with E-state index in [-0.39, 0.29) is 29.0 Å². The van der Waals surface area contributed by atoms with Gasteiger partial charge in [-0.1, -0.05) is 11.6 Å². The first-order valence-corrected chi connectivity index (χ1v) is 10.2. The van der Waals surface area contributed by atoms with Crippen LogP contribution in [-0.4, -0.2) is 37.3 Å². The number of halogens is 3. The first-order valence-electron chi connectivity index (χ1n) is 9.77. The molecule has 0 radical (unpaired) electrons. The average molecular weight is 434 g/mol. The van der Waals surface area contributed by atoms with Crippen molar-refractivity contribution in [2.75, 3.05) is 5.32 Å². The number of carboxylic acid groups (broad SMARTS) is 1. The van der Waals surface area contributed by atoms with Gasteiger partial charge in [0.2, 0.25) is 0 Å². The summed E-state index contributed by atoms with van der Waals surface area (Å²) in [5.41, 5.74) is 0.406. The number of hydrogen-bond acceptors (Lipinski definition) is 5. The Balaban J connectivity index is 1.55. The number of nitrogens with one attached hydrogen (secondary N) is 2. The summed E-state index contributed by atoms with van der Waals surface area (Å²) in [5.74, 6) is -3.27. The zero-order valence-corrected chi connectivity index (χ0v) is 16.5. The summed E-state index contributed by atoms with van der Waals surface area (Å²) in [4.78, 5) is 20.1. The van der Waals surface area contributed by atoms with Crippen LogP contribution in [0.1, 0.15) is 25.7 Å². The Morgan fingerprint density at radius 1 is 1.17 bits per heavy atom. The molecule has 3 aliphatic rings. The third-order valence-corrected chi connectivity index (χ3v) is 6.56. The highest BCUT2D eigenvalue weighted by Crippen LogP contribution is 2.46. The molecule has 7 nitrogen and oxygen atoms in total. The number of H-pyrrole nitrogens is 1. The second kappa shape index (κ2) is 7.16. The molecule has 3 aromatic rings. The molecule has 3 fully saturated rings. The van der Waals surface area contributed by atoms with Gasteiger partial charge >= 0.3 is 5.97 Å². The van der Waals surface area contributed by atoms with Crippen molar-refractivity contribution in [1.29, 1.82) is 0 Å². The van der Waals surface area contributed by atoms with Crippen molar-refractivity contribution in [2.45, 2.75) is 31.7 Å². The van der Waals surface area contributed by atoms with E-state index in [0.717, 1.165) is 31.7 Å². The third kappa shape index (κ3) is 3.08. The normalized spacial score (nSPS) is 25.6. The van der Waals surface area contributed by atoms with E-state index in [1.807, 2.05) is 0 Å². The van der Waals surface area contributed by atoms with Crippen molar-refractivity contribution >= 4 is 34.4 Å². The monoisotopic (exact) mass is 433 g/mol. The Morgan fingerprint density at radius 2 is 1.90 bits per heavy atom. The van der Waals surface area contributed by atoms with Crippen LogP contribution in [0.5, 0.6) is 0 Å². The number of carboxylic acids is 1. The van der Waals surface area contributed by atoms with Crippen molar-refractivity contribution in [2.24, 2.45) is 17.8 Å². The minimum absolute atomic E-state index is 0.0535. The molecule has 0 saturated heterocycles. The topological polar surface area (TPSA) is 104 Å². The SMILES string of the molecule is O=C(O)[C@@H]1C2CCC(CC2)[C@H]1Nc1nc(-c2[nH]nc3ncc(Cl)cc23)c(F)cc1F. The summed E-state index contributed by atoms with van der Waals surface area (Å²) < 4.78 is 29.2. The van der Waals surface area contributed by atoms with Crippen LogP contribution in [0.15, 0.2) is 18.3 Å². The van der Waals surface area contributed by atoms with Gasteiger partial charge in [0.1, 0.15) is 5.69 Å². The Kier molecular flexibility index (Phi) is 4.57. The second-order valence-corrected chi connectivity index (χ2v) is 8.42. The first-order chi connectivity index (χ1) is 14.4. The minimum atomic E-state index is -0.898. The highest BCUT2D eigenvalue weighted by Gasteiger charge is 2.47. The molecule has 0 unspecified atom stereocenters. The number of anilines is 1. The Morgan fingerprint density at radius 3 is 2.63 bits per heavy atom. The molecule has 3 heterocycles. The standard InChI is InChI=1S/C20H18ClF2N5O2/c21-10-5-11-16(27-28-18(11)24-7-10)17-12(22)6-13(23)19(26-17)25-15-9-3-1-8(2-4-9)14(15)20(29)30/h5-9,14-15H,1-4H2,(H,25,26)(H,29,30)(H,24,27,28)/t8?,9?,14-,15-/m1/s1. The molecule has 2 atom stereocenters. The van der Waals surface area contributed by atoms with Gasteiger partial charge in [-0.2, -0.15) is 5.10 Å². The van der Waals surface area contributed by atoms with E-state index in [1.165, 1.54) is 6.20 Å². The summed E-state index contributed by atoms with van der Waals surface area (Å²) in [6.45, 7) is 0. The lowest BCUT2D eigenvalue weighted by Gasteiger charge is -2.47. The predicted molar refractivity (Wildman–Crippen MR) is 106 cm³/mol. The Labute approximate surface area is 174 Å². The molecule has 156 valence electrons. The van der Waals surface area contributed by atoms with Gasteiger partial charge in [-0.25, -0.2) is 18.7 Å². The molecule has 10 heteroatoms. The number of carbonyl (C=O) groups is 1. The number of hydrogen-bond donors (Lipinski definition) is 3. The molecule has 0 aliphatic heterocycles. The number of rotatable bonds is 4. The van der Waals surface area contributed by atoms with Gasteiger partial charge in [-0.05, 0) is 43.6 Å². The molecule has 3 N–H and O–H groups in total. The summed E-state index contributed by atoms with van der Waals surface area (Å²) in [6.07, 6.45) is 4.91. The Hall–Kier alpha value is -2.81. The lowest BCUT2D eigenvalue weighted by Crippen LogP contribution is -2.51. The predicted octanol–water partition coefficient (Wildman–Crippen LogP) is 4.25. The minimum Gasteiger partial charge on any atom is -0.481 e. The molecular weight excluding hydrogens is 416 g/mol. The van der Waals surface area contributed by atoms with E-state index in [1.54, 1.807) is 6.07 Å². The van der Waals surface area contributed by atoms with Gasteiger partial charge in [0, 0.05) is 23.7 Å². The van der Waals surface area contributed by atoms with Gasteiger partial charge in [0.05, 0.1) is 16.6 Å². The second-order valence-electron chi connectivity index (χ2n) is 7.98. The maximum atomic E-state index is 14.6. The molecule has 6 rings (SSSR count). The van der Waals surface area contributed by atoms with Crippen molar-refractivity contribution in [3.8, 4) is 11.4 Å². The van der Waals surface area contributed by atoms with Crippen molar-refractivity contribution in [3.05, 3.63) is 35.0 Å². The van der Waals surface area contributed by atoms with E-state index in [0.29, 0.717) is 16.1 Å². The van der Waals surface area contributed by atoms with Crippen LogP contribution in [0, 0.1) is 29.4 Å². The first kappa shape index (κ1) is 19.2. The van der Waals surface area contributed by atoms with Crippen LogP contribution < -0.4 is 5.32 Å². The fraction of sp³-hybridized carbons (Fsp3) is 0.400. The highest BCUT2D eigenvalue weighted by molar-refractivity contribution is 6.31. The number of aromatic amines is 1. The van der Waals surface area contributed by atoms with E-state index in [2.05, 4.69) is 25.5 Å². The fourth-order valence-corrected chi connectivity index (χ4v) is 5.13. The molecular formula is C20H18ClF2N5O2. The van der Waals surface area contributed by atoms with Gasteiger partial charge < -0.3 is 10.4 Å². The molecule has 0 aromatic carbocycles. The molecule has 3 aliphatic carbocycles. The van der Waals surface area contributed by atoms with Gasteiger partial charge in [-0.15, -0.1) is 0 Å². The number of aliphatic carboxylic acids is 1. The van der Waals surface area contributed by atoms with Crippen LogP contribution in [0.2, 0.25) is 5.02 Å². The summed E-state index contributed by atoms with van der Waals surface area (Å²) in [6, 6.07) is 1.86. The van der Waals surface area contributed by atoms with Gasteiger partial charge in [0.15, 0.2) is 23.1 Å². The maximum absolute atomic E-state index is 14.6. The summed E-state index contributed by atoms with van der Waals surface area (Å²) in [7, 11) is 0. The average Bonchev–Trinajstić information content (AvgIpc) is 3.13. The quantitative estimate of drug-likeness (QED) is 0.568. The number of nitrogens with zero attached hydrogens (tertiary/aromatic N) is 3. The lowest BCUT2D eigenvalue weighted by molar-refractivity contribution is -0.148. The van der Waals surface area contributed by atoms with Crippen molar-refractivity contribution < 1.29 is 18.7 Å². The van der Waals surface area contributed by atoms with Crippen LogP contribution in [-0.2, 0) is 4.79 Å². The molecule has 3 saturated carbocycles. The molecule has 2 bridgehead atoms. The molecule has 0 amide bonds. The van der Waals surface area contributed by atoms with Crippen molar-refractivity contribution in [1.82, 2.24) is 20.2 Å². The number of pyridine rings is 2. The molecule has 0 spiro atoms. The van der Waals surface area contributed by atoms with E-state index in [4.69, 9.17) is 11.6 Å². The zero-order valence-electron chi connectivity index (χ0n) is 15.7. The fourth-order valence-electron chi connectivity index (χ4n) is 4.97. The number of aromatic nitrogens is 4. The van der Waals surface area contributed by atoms with E-state index in [9.17, 15) is 18.7 Å². The largest absolute Gasteiger partial charge is 0.481 e. The Bertz CT molecular complexity index is 1150. The summed E-state index contributed by atoms with van der Waals surface area (Å²) in [5, 5.41) is 20.2. The van der Waals surface area contributed by atoms with Crippen LogP contribution in [0.4, 0.5) is 14.6 Å². The smallest absolute Gasteiger partial charge is 0.308 e. The molecule has 30 heavy (non-hydrogen) atoms. The maximum Gasteiger partial charge on any atom is 0.308 e. The van der Waals surface area contributed by atoms with E-state index < -0.39 is 29.6 Å². The summed E-state index contributed by atoms with van der Waals surface area (Å²) >= 11 is 6.00. The highest BCUT2D eigenvalue weighted by atomic mass is 35.5. The molecule has 3 aromatic heterocycles. The van der Waals surface area contributed by atoms with Gasteiger partial charge in [-0.3, -0.25) is 9.89 Å². The lowest BCUT2D eigenvalue weighted by atomic mass is 9.61. The van der Waals surface area contributed by atoms with Crippen molar-refractivity contribution in [3.63, 3.8) is 0 Å². The van der Waals surface area contributed by atoms with Crippen LogP contribution in [0.25, 0.3) is 22.4 Å².